The Morgan fingerprint density at radius 1 is 1.32 bits per heavy atom. The first-order valence-electron chi connectivity index (χ1n) is 9.77. The normalized spacial score (nSPS) is 20.1. The Morgan fingerprint density at radius 2 is 2.00 bits per heavy atom. The summed E-state index contributed by atoms with van der Waals surface area (Å²) in [6, 6.07) is 1.64. The zero-order chi connectivity index (χ0) is 21.1. The Morgan fingerprint density at radius 3 is 2.54 bits per heavy atom. The van der Waals surface area contributed by atoms with E-state index in [-0.39, 0.29) is 24.1 Å². The highest BCUT2D eigenvalue weighted by atomic mass is 35.5. The third-order valence-electron chi connectivity index (χ3n) is 4.63. The number of pyridine rings is 1. The van der Waals surface area contributed by atoms with E-state index in [4.69, 9.17) is 16.3 Å². The SMILES string of the molecule is CCNC(=O)c1cnc(N2C[C@H](CC)N(C(=O)OC(C)(C)C)C[C@H]2C)c(Cl)c1. The molecule has 0 unspecified atom stereocenters. The quantitative estimate of drug-likeness (QED) is 0.818. The number of aromatic nitrogens is 1. The number of carbonyl (C=O) groups is 2. The lowest BCUT2D eigenvalue weighted by Gasteiger charge is -2.45. The van der Waals surface area contributed by atoms with Crippen molar-refractivity contribution in [2.75, 3.05) is 24.5 Å². The summed E-state index contributed by atoms with van der Waals surface area (Å²) in [6.07, 6.45) is 2.04. The first-order chi connectivity index (χ1) is 13.1. The van der Waals surface area contributed by atoms with Gasteiger partial charge in [-0.25, -0.2) is 9.78 Å². The number of halogens is 1. The Hall–Kier alpha value is -2.02. The maximum absolute atomic E-state index is 12.6. The van der Waals surface area contributed by atoms with Crippen molar-refractivity contribution in [2.24, 2.45) is 0 Å². The summed E-state index contributed by atoms with van der Waals surface area (Å²) in [5, 5.41) is 3.17. The molecule has 1 aromatic heterocycles. The van der Waals surface area contributed by atoms with Crippen LogP contribution >= 0.6 is 11.6 Å². The lowest BCUT2D eigenvalue weighted by Crippen LogP contribution is -2.60. The highest BCUT2D eigenvalue weighted by molar-refractivity contribution is 6.33. The van der Waals surface area contributed by atoms with Gasteiger partial charge in [-0.2, -0.15) is 0 Å². The van der Waals surface area contributed by atoms with Gasteiger partial charge in [0.05, 0.1) is 16.6 Å². The van der Waals surface area contributed by atoms with Gasteiger partial charge in [0.25, 0.3) is 5.91 Å². The molecule has 156 valence electrons. The summed E-state index contributed by atoms with van der Waals surface area (Å²) in [4.78, 5) is 33.0. The van der Waals surface area contributed by atoms with Crippen molar-refractivity contribution in [1.82, 2.24) is 15.2 Å². The summed E-state index contributed by atoms with van der Waals surface area (Å²) in [7, 11) is 0. The Labute approximate surface area is 172 Å². The molecule has 0 radical (unpaired) electrons. The Balaban J connectivity index is 2.20. The van der Waals surface area contributed by atoms with E-state index < -0.39 is 5.60 Å². The number of hydrogen-bond donors (Lipinski definition) is 1. The van der Waals surface area contributed by atoms with Gasteiger partial charge in [-0.3, -0.25) is 4.79 Å². The number of anilines is 1. The predicted molar refractivity (Wildman–Crippen MR) is 111 cm³/mol. The predicted octanol–water partition coefficient (Wildman–Crippen LogP) is 3.71. The van der Waals surface area contributed by atoms with Gasteiger partial charge in [-0.1, -0.05) is 18.5 Å². The van der Waals surface area contributed by atoms with E-state index in [0.717, 1.165) is 6.42 Å². The minimum Gasteiger partial charge on any atom is -0.444 e. The van der Waals surface area contributed by atoms with Crippen molar-refractivity contribution in [3.8, 4) is 0 Å². The van der Waals surface area contributed by atoms with Crippen LogP contribution < -0.4 is 10.2 Å². The fraction of sp³-hybridized carbons (Fsp3) is 0.650. The van der Waals surface area contributed by atoms with Crippen LogP contribution in [0.5, 0.6) is 0 Å². The van der Waals surface area contributed by atoms with Crippen LogP contribution in [0.3, 0.4) is 0 Å². The molecule has 1 fully saturated rings. The van der Waals surface area contributed by atoms with Crippen LogP contribution in [-0.2, 0) is 4.74 Å². The molecule has 7 nitrogen and oxygen atoms in total. The van der Waals surface area contributed by atoms with E-state index in [9.17, 15) is 9.59 Å². The zero-order valence-electron chi connectivity index (χ0n) is 17.6. The molecule has 28 heavy (non-hydrogen) atoms. The lowest BCUT2D eigenvalue weighted by atomic mass is 10.1. The van der Waals surface area contributed by atoms with Crippen molar-refractivity contribution in [2.45, 2.75) is 65.6 Å². The largest absolute Gasteiger partial charge is 0.444 e. The van der Waals surface area contributed by atoms with Crippen LogP contribution in [0, 0.1) is 0 Å². The van der Waals surface area contributed by atoms with E-state index in [1.807, 2.05) is 41.5 Å². The molecule has 0 saturated carbocycles. The lowest BCUT2D eigenvalue weighted by molar-refractivity contribution is 0.0105. The topological polar surface area (TPSA) is 74.8 Å². The number of nitrogens with zero attached hydrogens (tertiary/aromatic N) is 3. The van der Waals surface area contributed by atoms with Crippen molar-refractivity contribution in [3.05, 3.63) is 22.8 Å². The molecule has 1 aliphatic heterocycles. The fourth-order valence-electron chi connectivity index (χ4n) is 3.26. The standard InChI is InChI=1S/C20H31ClN4O3/c1-7-15-12-24(13(3)11-25(15)19(27)28-20(4,5)6)17-16(21)9-14(10-23-17)18(26)22-8-2/h9-10,13,15H,7-8,11-12H2,1-6H3,(H,22,26)/t13-,15+/m1/s1. The summed E-state index contributed by atoms with van der Waals surface area (Å²) in [6.45, 7) is 13.2. The van der Waals surface area contributed by atoms with Gasteiger partial charge >= 0.3 is 6.09 Å². The van der Waals surface area contributed by atoms with Gasteiger partial charge in [0, 0.05) is 31.9 Å². The molecular weight excluding hydrogens is 380 g/mol. The Kier molecular flexibility index (Phi) is 7.15. The molecule has 2 heterocycles. The maximum Gasteiger partial charge on any atom is 0.410 e. The summed E-state index contributed by atoms with van der Waals surface area (Å²) in [5.41, 5.74) is -0.0992. The van der Waals surface area contributed by atoms with E-state index in [0.29, 0.717) is 36.0 Å². The molecule has 1 saturated heterocycles. The molecule has 1 N–H and O–H groups in total. The van der Waals surface area contributed by atoms with E-state index in [1.165, 1.54) is 0 Å². The van der Waals surface area contributed by atoms with Gasteiger partial charge in [0.2, 0.25) is 0 Å². The van der Waals surface area contributed by atoms with Crippen LogP contribution in [0.4, 0.5) is 10.6 Å². The van der Waals surface area contributed by atoms with Crippen LogP contribution in [-0.4, -0.2) is 59.2 Å². The first-order valence-corrected chi connectivity index (χ1v) is 10.1. The van der Waals surface area contributed by atoms with E-state index in [2.05, 4.69) is 15.2 Å². The molecule has 2 atom stereocenters. The van der Waals surface area contributed by atoms with Crippen molar-refractivity contribution < 1.29 is 14.3 Å². The number of rotatable bonds is 4. The zero-order valence-corrected chi connectivity index (χ0v) is 18.3. The fourth-order valence-corrected chi connectivity index (χ4v) is 3.53. The van der Waals surface area contributed by atoms with E-state index in [1.54, 1.807) is 17.2 Å². The number of carbonyl (C=O) groups excluding carboxylic acids is 2. The van der Waals surface area contributed by atoms with Crippen molar-refractivity contribution >= 4 is 29.4 Å². The third kappa shape index (κ3) is 5.28. The molecule has 2 rings (SSSR count). The Bertz CT molecular complexity index is 720. The van der Waals surface area contributed by atoms with Crippen LogP contribution in [0.1, 0.15) is 58.3 Å². The van der Waals surface area contributed by atoms with Gasteiger partial charge in [-0.15, -0.1) is 0 Å². The molecule has 0 spiro atoms. The molecule has 1 aliphatic rings. The molecule has 2 amide bonds. The monoisotopic (exact) mass is 410 g/mol. The van der Waals surface area contributed by atoms with Crippen LogP contribution in [0.15, 0.2) is 12.3 Å². The molecular formula is C20H31ClN4O3. The van der Waals surface area contributed by atoms with Crippen molar-refractivity contribution in [3.63, 3.8) is 0 Å². The van der Waals surface area contributed by atoms with Crippen LogP contribution in [0.2, 0.25) is 5.02 Å². The number of piperazine rings is 1. The van der Waals surface area contributed by atoms with Crippen LogP contribution in [0.25, 0.3) is 0 Å². The van der Waals surface area contributed by atoms with Gasteiger partial charge in [0.1, 0.15) is 11.4 Å². The maximum atomic E-state index is 12.6. The number of nitrogens with one attached hydrogen (secondary N) is 1. The average molecular weight is 411 g/mol. The number of ether oxygens (including phenoxy) is 1. The third-order valence-corrected chi connectivity index (χ3v) is 4.91. The second-order valence-electron chi connectivity index (χ2n) is 8.09. The highest BCUT2D eigenvalue weighted by Gasteiger charge is 2.37. The molecule has 8 heteroatoms. The molecule has 0 aliphatic carbocycles. The van der Waals surface area contributed by atoms with Gasteiger partial charge in [-0.05, 0) is 47.1 Å². The van der Waals surface area contributed by atoms with E-state index >= 15 is 0 Å². The number of hydrogen-bond acceptors (Lipinski definition) is 5. The molecule has 0 aromatic carbocycles. The minimum atomic E-state index is -0.532. The van der Waals surface area contributed by atoms with Crippen molar-refractivity contribution in [1.29, 1.82) is 0 Å². The van der Waals surface area contributed by atoms with Gasteiger partial charge in [0.15, 0.2) is 0 Å². The first kappa shape index (κ1) is 22.3. The molecule has 1 aromatic rings. The smallest absolute Gasteiger partial charge is 0.410 e. The summed E-state index contributed by atoms with van der Waals surface area (Å²) in [5.74, 6) is 0.433. The second-order valence-corrected chi connectivity index (χ2v) is 8.49. The summed E-state index contributed by atoms with van der Waals surface area (Å²) < 4.78 is 5.57. The van der Waals surface area contributed by atoms with Gasteiger partial charge < -0.3 is 19.9 Å². The number of amides is 2. The second kappa shape index (κ2) is 8.99. The molecule has 0 bridgehead atoms. The summed E-state index contributed by atoms with van der Waals surface area (Å²) >= 11 is 6.46. The average Bonchev–Trinajstić information content (AvgIpc) is 2.60. The minimum absolute atomic E-state index is 0.00742. The highest BCUT2D eigenvalue weighted by Crippen LogP contribution is 2.30.